The van der Waals surface area contributed by atoms with E-state index in [4.69, 9.17) is 23.8 Å². The highest BCUT2D eigenvalue weighted by molar-refractivity contribution is 7.80. The number of nitrogens with one attached hydrogen (secondary N) is 2. The second-order valence-electron chi connectivity index (χ2n) is 4.76. The van der Waals surface area contributed by atoms with Crippen LogP contribution >= 0.6 is 23.8 Å². The smallest absolute Gasteiger partial charge is 0.173 e. The average Bonchev–Trinajstić information content (AvgIpc) is 2.69. The summed E-state index contributed by atoms with van der Waals surface area (Å²) in [5, 5.41) is 11.6. The van der Waals surface area contributed by atoms with Crippen molar-refractivity contribution in [2.45, 2.75) is 26.4 Å². The molecule has 4 nitrogen and oxygen atoms in total. The van der Waals surface area contributed by atoms with Crippen molar-refractivity contribution < 1.29 is 0 Å². The summed E-state index contributed by atoms with van der Waals surface area (Å²) in [5.41, 5.74) is 1.17. The van der Waals surface area contributed by atoms with Gasteiger partial charge in [0.05, 0.1) is 6.54 Å². The number of anilines is 1. The number of nitrogens with zero attached hydrogens (tertiary/aromatic N) is 2. The Morgan fingerprint density at radius 1 is 1.35 bits per heavy atom. The Morgan fingerprint density at radius 2 is 2.05 bits per heavy atom. The second-order valence-corrected chi connectivity index (χ2v) is 5.58. The second kappa shape index (κ2) is 6.72. The summed E-state index contributed by atoms with van der Waals surface area (Å²) >= 11 is 11.3. The van der Waals surface area contributed by atoms with Crippen LogP contribution in [0.15, 0.2) is 36.5 Å². The van der Waals surface area contributed by atoms with E-state index in [9.17, 15) is 0 Å². The molecule has 0 atom stereocenters. The van der Waals surface area contributed by atoms with Gasteiger partial charge < -0.3 is 10.6 Å². The van der Waals surface area contributed by atoms with Crippen molar-refractivity contribution in [1.29, 1.82) is 0 Å². The van der Waals surface area contributed by atoms with Gasteiger partial charge in [-0.3, -0.25) is 4.68 Å². The Bertz CT molecular complexity index is 580. The number of rotatable bonds is 4. The Labute approximate surface area is 129 Å². The van der Waals surface area contributed by atoms with E-state index in [2.05, 4.69) is 15.7 Å². The molecule has 0 aliphatic carbocycles. The first-order chi connectivity index (χ1) is 9.54. The van der Waals surface area contributed by atoms with Crippen molar-refractivity contribution in [2.24, 2.45) is 0 Å². The van der Waals surface area contributed by atoms with Gasteiger partial charge in [-0.25, -0.2) is 0 Å². The van der Waals surface area contributed by atoms with Crippen LogP contribution in [0.1, 0.15) is 19.4 Å². The van der Waals surface area contributed by atoms with Crippen molar-refractivity contribution in [3.05, 3.63) is 47.1 Å². The lowest BCUT2D eigenvalue weighted by Crippen LogP contribution is -2.34. The molecule has 0 radical (unpaired) electrons. The van der Waals surface area contributed by atoms with Crippen LogP contribution < -0.4 is 10.6 Å². The molecular weight excluding hydrogens is 292 g/mol. The topological polar surface area (TPSA) is 41.9 Å². The molecule has 1 heterocycles. The molecule has 0 unspecified atom stereocenters. The fourth-order valence-electron chi connectivity index (χ4n) is 1.74. The lowest BCUT2D eigenvalue weighted by atomic mass is 10.2. The average molecular weight is 309 g/mol. The third-order valence-electron chi connectivity index (χ3n) is 2.56. The highest BCUT2D eigenvalue weighted by Crippen LogP contribution is 2.19. The minimum absolute atomic E-state index is 0.264. The van der Waals surface area contributed by atoms with Crippen LogP contribution in [0.3, 0.4) is 0 Å². The van der Waals surface area contributed by atoms with E-state index in [1.807, 2.05) is 44.2 Å². The Morgan fingerprint density at radius 3 is 2.70 bits per heavy atom. The highest BCUT2D eigenvalue weighted by Gasteiger charge is 2.09. The number of hydrogen-bond acceptors (Lipinski definition) is 2. The first kappa shape index (κ1) is 14.8. The molecule has 0 saturated carbocycles. The van der Waals surface area contributed by atoms with Gasteiger partial charge >= 0.3 is 0 Å². The Hall–Kier alpha value is -1.59. The highest BCUT2D eigenvalue weighted by atomic mass is 35.5. The van der Waals surface area contributed by atoms with E-state index in [0.29, 0.717) is 22.5 Å². The quantitative estimate of drug-likeness (QED) is 0.851. The molecule has 0 fully saturated rings. The largest absolute Gasteiger partial charge is 0.360 e. The zero-order valence-electron chi connectivity index (χ0n) is 11.4. The van der Waals surface area contributed by atoms with Crippen LogP contribution in [-0.4, -0.2) is 20.9 Å². The number of thiocarbonyl (C=S) groups is 1. The molecule has 106 valence electrons. The summed E-state index contributed by atoms with van der Waals surface area (Å²) in [7, 11) is 0. The monoisotopic (exact) mass is 308 g/mol. The van der Waals surface area contributed by atoms with Gasteiger partial charge in [0.25, 0.3) is 0 Å². The van der Waals surface area contributed by atoms with Gasteiger partial charge in [0.1, 0.15) is 5.02 Å². The third-order valence-corrected chi connectivity index (χ3v) is 3.05. The van der Waals surface area contributed by atoms with E-state index in [1.165, 1.54) is 5.56 Å². The standard InChI is InChI=1S/C14H17ClN4S/c1-10(2)16-14(20)17-13-12(15)9-19(18-13)8-11-6-4-3-5-7-11/h3-7,9-10H,8H2,1-2H3,(H2,16,17,18,20). The molecule has 0 saturated heterocycles. The number of hydrogen-bond donors (Lipinski definition) is 2. The third kappa shape index (κ3) is 4.21. The SMILES string of the molecule is CC(C)NC(=S)Nc1nn(Cc2ccccc2)cc1Cl. The van der Waals surface area contributed by atoms with Crippen molar-refractivity contribution in [1.82, 2.24) is 15.1 Å². The van der Waals surface area contributed by atoms with Crippen LogP contribution in [0, 0.1) is 0 Å². The molecule has 0 aliphatic rings. The molecule has 6 heteroatoms. The fourth-order valence-corrected chi connectivity index (χ4v) is 2.27. The molecular formula is C14H17ClN4S. The summed E-state index contributed by atoms with van der Waals surface area (Å²) in [6.07, 6.45) is 1.79. The van der Waals surface area contributed by atoms with Crippen LogP contribution in [-0.2, 0) is 6.54 Å². The maximum atomic E-state index is 6.16. The first-order valence-electron chi connectivity index (χ1n) is 6.39. The van der Waals surface area contributed by atoms with Gasteiger partial charge in [0.15, 0.2) is 10.9 Å². The van der Waals surface area contributed by atoms with Crippen LogP contribution in [0.2, 0.25) is 5.02 Å². The van der Waals surface area contributed by atoms with Crippen molar-refractivity contribution in [3.63, 3.8) is 0 Å². The molecule has 2 aromatic rings. The number of halogens is 1. The number of benzene rings is 1. The molecule has 1 aromatic carbocycles. The van der Waals surface area contributed by atoms with E-state index in [0.717, 1.165) is 0 Å². The van der Waals surface area contributed by atoms with Crippen LogP contribution in [0.25, 0.3) is 0 Å². The van der Waals surface area contributed by atoms with E-state index in [1.54, 1.807) is 10.9 Å². The first-order valence-corrected chi connectivity index (χ1v) is 7.17. The van der Waals surface area contributed by atoms with Gasteiger partial charge in [-0.05, 0) is 31.6 Å². The summed E-state index contributed by atoms with van der Waals surface area (Å²) in [6, 6.07) is 10.4. The van der Waals surface area contributed by atoms with Gasteiger partial charge in [-0.1, -0.05) is 41.9 Å². The molecule has 2 rings (SSSR count). The summed E-state index contributed by atoms with van der Waals surface area (Å²) < 4.78 is 1.79. The maximum Gasteiger partial charge on any atom is 0.173 e. The predicted molar refractivity (Wildman–Crippen MR) is 87.3 cm³/mol. The molecule has 20 heavy (non-hydrogen) atoms. The minimum Gasteiger partial charge on any atom is -0.360 e. The van der Waals surface area contributed by atoms with Gasteiger partial charge in [0, 0.05) is 12.2 Å². The van der Waals surface area contributed by atoms with E-state index >= 15 is 0 Å². The molecule has 0 amide bonds. The van der Waals surface area contributed by atoms with Gasteiger partial charge in [-0.15, -0.1) is 0 Å². The minimum atomic E-state index is 0.264. The fraction of sp³-hybridized carbons (Fsp3) is 0.286. The Kier molecular flexibility index (Phi) is 4.98. The summed E-state index contributed by atoms with van der Waals surface area (Å²) in [4.78, 5) is 0. The van der Waals surface area contributed by atoms with Crippen LogP contribution in [0.5, 0.6) is 0 Å². The Balaban J connectivity index is 2.04. The lowest BCUT2D eigenvalue weighted by Gasteiger charge is -2.11. The zero-order valence-corrected chi connectivity index (χ0v) is 13.0. The number of aromatic nitrogens is 2. The summed E-state index contributed by atoms with van der Waals surface area (Å²) in [5.74, 6) is 0.570. The molecule has 0 bridgehead atoms. The van der Waals surface area contributed by atoms with Crippen molar-refractivity contribution in [2.75, 3.05) is 5.32 Å². The summed E-state index contributed by atoms with van der Waals surface area (Å²) in [6.45, 7) is 4.71. The normalized spacial score (nSPS) is 10.6. The van der Waals surface area contributed by atoms with Gasteiger partial charge in [0.2, 0.25) is 0 Å². The molecule has 0 aliphatic heterocycles. The van der Waals surface area contributed by atoms with E-state index < -0.39 is 0 Å². The molecule has 2 N–H and O–H groups in total. The predicted octanol–water partition coefficient (Wildman–Crippen LogP) is 3.28. The van der Waals surface area contributed by atoms with Gasteiger partial charge in [-0.2, -0.15) is 5.10 Å². The van der Waals surface area contributed by atoms with Crippen molar-refractivity contribution >= 4 is 34.7 Å². The molecule has 0 spiro atoms. The van der Waals surface area contributed by atoms with E-state index in [-0.39, 0.29) is 6.04 Å². The van der Waals surface area contributed by atoms with Crippen molar-refractivity contribution in [3.8, 4) is 0 Å². The lowest BCUT2D eigenvalue weighted by molar-refractivity contribution is 0.689. The maximum absolute atomic E-state index is 6.16. The molecule has 1 aromatic heterocycles. The van der Waals surface area contributed by atoms with Crippen LogP contribution in [0.4, 0.5) is 5.82 Å². The zero-order chi connectivity index (χ0) is 14.5.